The van der Waals surface area contributed by atoms with Crippen molar-refractivity contribution < 1.29 is 14.7 Å². The van der Waals surface area contributed by atoms with Gasteiger partial charge in [0.1, 0.15) is 0 Å². The number of carboxylic acid groups (broad SMARTS) is 1. The van der Waals surface area contributed by atoms with Crippen LogP contribution in [0.15, 0.2) is 24.3 Å². The lowest BCUT2D eigenvalue weighted by atomic mass is 10.1. The first kappa shape index (κ1) is 15.2. The molecule has 0 saturated heterocycles. The van der Waals surface area contributed by atoms with E-state index in [1.54, 1.807) is 31.1 Å². The summed E-state index contributed by atoms with van der Waals surface area (Å²) in [5, 5.41) is 11.8. The predicted octanol–water partition coefficient (Wildman–Crippen LogP) is 0.880. The molecular formula is C14H20N2O3. The summed E-state index contributed by atoms with van der Waals surface area (Å²) in [5.74, 6) is -0.807. The maximum Gasteiger partial charge on any atom is 0.307 e. The largest absolute Gasteiger partial charge is 0.481 e. The van der Waals surface area contributed by atoms with Crippen LogP contribution < -0.4 is 5.32 Å². The molecule has 2 N–H and O–H groups in total. The summed E-state index contributed by atoms with van der Waals surface area (Å²) < 4.78 is 0. The molecule has 0 heterocycles. The van der Waals surface area contributed by atoms with Crippen LogP contribution in [0.25, 0.3) is 0 Å². The van der Waals surface area contributed by atoms with Crippen LogP contribution >= 0.6 is 0 Å². The molecular weight excluding hydrogens is 244 g/mol. The Morgan fingerprint density at radius 1 is 1.21 bits per heavy atom. The summed E-state index contributed by atoms with van der Waals surface area (Å²) >= 11 is 0. The van der Waals surface area contributed by atoms with Gasteiger partial charge in [-0.05, 0) is 18.1 Å². The first-order valence-electron chi connectivity index (χ1n) is 6.14. The van der Waals surface area contributed by atoms with Gasteiger partial charge in [0.2, 0.25) is 5.91 Å². The van der Waals surface area contributed by atoms with Crippen molar-refractivity contribution in [2.45, 2.75) is 25.9 Å². The van der Waals surface area contributed by atoms with Crippen molar-refractivity contribution in [3.8, 4) is 0 Å². The molecule has 0 spiro atoms. The highest BCUT2D eigenvalue weighted by molar-refractivity contribution is 5.80. The van der Waals surface area contributed by atoms with Crippen molar-refractivity contribution >= 4 is 11.9 Å². The third-order valence-electron chi connectivity index (χ3n) is 2.80. The van der Waals surface area contributed by atoms with E-state index in [0.717, 1.165) is 11.1 Å². The molecule has 0 radical (unpaired) electrons. The molecule has 1 unspecified atom stereocenters. The normalized spacial score (nSPS) is 11.9. The summed E-state index contributed by atoms with van der Waals surface area (Å²) in [5.41, 5.74) is 1.79. The van der Waals surface area contributed by atoms with Crippen LogP contribution in [0.1, 0.15) is 18.1 Å². The van der Waals surface area contributed by atoms with Gasteiger partial charge in [-0.25, -0.2) is 0 Å². The van der Waals surface area contributed by atoms with E-state index in [2.05, 4.69) is 5.32 Å². The Balaban J connectivity index is 2.50. The zero-order valence-electron chi connectivity index (χ0n) is 11.5. The van der Waals surface area contributed by atoms with E-state index in [-0.39, 0.29) is 18.4 Å². The van der Waals surface area contributed by atoms with E-state index >= 15 is 0 Å². The second-order valence-electron chi connectivity index (χ2n) is 4.72. The lowest BCUT2D eigenvalue weighted by Crippen LogP contribution is -2.41. The van der Waals surface area contributed by atoms with E-state index in [4.69, 9.17) is 5.11 Å². The molecule has 0 aliphatic carbocycles. The number of likely N-dealkylation sites (N-methyl/N-ethyl adjacent to an activating group) is 1. The zero-order valence-corrected chi connectivity index (χ0v) is 11.5. The lowest BCUT2D eigenvalue weighted by molar-refractivity contribution is -0.136. The van der Waals surface area contributed by atoms with Gasteiger partial charge in [0.25, 0.3) is 0 Å². The maximum atomic E-state index is 11.6. The molecule has 0 aromatic heterocycles. The summed E-state index contributed by atoms with van der Waals surface area (Å²) in [6.45, 7) is 2.40. The van der Waals surface area contributed by atoms with Gasteiger partial charge in [0.05, 0.1) is 12.5 Å². The minimum Gasteiger partial charge on any atom is -0.481 e. The van der Waals surface area contributed by atoms with E-state index in [1.807, 2.05) is 19.1 Å². The highest BCUT2D eigenvalue weighted by Gasteiger charge is 2.13. The van der Waals surface area contributed by atoms with Crippen LogP contribution in [0.2, 0.25) is 0 Å². The number of aliphatic carboxylic acids is 1. The van der Waals surface area contributed by atoms with E-state index in [0.29, 0.717) is 6.54 Å². The van der Waals surface area contributed by atoms with E-state index in [9.17, 15) is 9.59 Å². The summed E-state index contributed by atoms with van der Waals surface area (Å²) in [6, 6.07) is 7.09. The second-order valence-corrected chi connectivity index (χ2v) is 4.72. The number of carbonyl (C=O) groups is 2. The Kier molecular flexibility index (Phi) is 5.51. The summed E-state index contributed by atoms with van der Waals surface area (Å²) in [4.78, 5) is 23.7. The topological polar surface area (TPSA) is 69.6 Å². The van der Waals surface area contributed by atoms with Gasteiger partial charge in [-0.15, -0.1) is 0 Å². The van der Waals surface area contributed by atoms with Crippen molar-refractivity contribution in [1.82, 2.24) is 10.2 Å². The van der Waals surface area contributed by atoms with Crippen LogP contribution in [0.4, 0.5) is 0 Å². The van der Waals surface area contributed by atoms with Crippen LogP contribution in [-0.2, 0) is 22.6 Å². The fourth-order valence-electron chi connectivity index (χ4n) is 1.70. The molecule has 1 aromatic rings. The summed E-state index contributed by atoms with van der Waals surface area (Å²) in [7, 11) is 3.45. The Hall–Kier alpha value is -1.88. The van der Waals surface area contributed by atoms with Crippen LogP contribution in [-0.4, -0.2) is 42.0 Å². The van der Waals surface area contributed by atoms with Crippen LogP contribution in [0, 0.1) is 0 Å². The number of amides is 1. The number of hydrogen-bond donors (Lipinski definition) is 2. The van der Waals surface area contributed by atoms with Gasteiger partial charge in [-0.2, -0.15) is 0 Å². The minimum atomic E-state index is -0.837. The van der Waals surface area contributed by atoms with Crippen molar-refractivity contribution in [3.05, 3.63) is 35.4 Å². The number of nitrogens with zero attached hydrogens (tertiary/aromatic N) is 1. The molecule has 1 aromatic carbocycles. The molecule has 0 aliphatic heterocycles. The number of benzene rings is 1. The Bertz CT molecular complexity index is 441. The smallest absolute Gasteiger partial charge is 0.307 e. The van der Waals surface area contributed by atoms with Crippen LogP contribution in [0.3, 0.4) is 0 Å². The minimum absolute atomic E-state index is 0.0301. The number of rotatable bonds is 6. The van der Waals surface area contributed by atoms with Crippen molar-refractivity contribution in [2.24, 2.45) is 0 Å². The Morgan fingerprint density at radius 3 is 2.21 bits per heavy atom. The lowest BCUT2D eigenvalue weighted by Gasteiger charge is -2.18. The fraction of sp³-hybridized carbons (Fsp3) is 0.429. The molecule has 5 nitrogen and oxygen atoms in total. The first-order valence-corrected chi connectivity index (χ1v) is 6.14. The molecule has 5 heteroatoms. The van der Waals surface area contributed by atoms with E-state index < -0.39 is 5.97 Å². The molecule has 0 saturated carbocycles. The monoisotopic (exact) mass is 264 g/mol. The quantitative estimate of drug-likeness (QED) is 0.800. The fourth-order valence-corrected chi connectivity index (χ4v) is 1.70. The molecule has 0 aliphatic rings. The van der Waals surface area contributed by atoms with Crippen molar-refractivity contribution in [1.29, 1.82) is 0 Å². The second kappa shape index (κ2) is 6.89. The van der Waals surface area contributed by atoms with E-state index in [1.165, 1.54) is 0 Å². The average Bonchev–Trinajstić information content (AvgIpc) is 2.35. The highest BCUT2D eigenvalue weighted by atomic mass is 16.4. The Labute approximate surface area is 113 Å². The highest BCUT2D eigenvalue weighted by Crippen LogP contribution is 2.05. The summed E-state index contributed by atoms with van der Waals surface area (Å²) in [6.07, 6.45) is 0.0310. The SMILES string of the molecule is CC(NCc1ccc(CC(=O)O)cc1)C(=O)N(C)C. The standard InChI is InChI=1S/C14H20N2O3/c1-10(14(19)16(2)3)15-9-12-6-4-11(5-7-12)8-13(17)18/h4-7,10,15H,8-9H2,1-3H3,(H,17,18). The zero-order chi connectivity index (χ0) is 14.4. The predicted molar refractivity (Wildman–Crippen MR) is 72.8 cm³/mol. The maximum absolute atomic E-state index is 11.6. The number of hydrogen-bond acceptors (Lipinski definition) is 3. The molecule has 19 heavy (non-hydrogen) atoms. The van der Waals surface area contributed by atoms with Crippen molar-refractivity contribution in [2.75, 3.05) is 14.1 Å². The van der Waals surface area contributed by atoms with Gasteiger partial charge in [0.15, 0.2) is 0 Å². The van der Waals surface area contributed by atoms with Crippen LogP contribution in [0.5, 0.6) is 0 Å². The van der Waals surface area contributed by atoms with Gasteiger partial charge in [0, 0.05) is 20.6 Å². The third kappa shape index (κ3) is 5.09. The average molecular weight is 264 g/mol. The Morgan fingerprint density at radius 2 is 1.74 bits per heavy atom. The molecule has 0 bridgehead atoms. The third-order valence-corrected chi connectivity index (χ3v) is 2.80. The van der Waals surface area contributed by atoms with Gasteiger partial charge in [-0.3, -0.25) is 9.59 Å². The number of nitrogens with one attached hydrogen (secondary N) is 1. The molecule has 1 rings (SSSR count). The van der Waals surface area contributed by atoms with Gasteiger partial charge in [-0.1, -0.05) is 24.3 Å². The molecule has 1 amide bonds. The van der Waals surface area contributed by atoms with Gasteiger partial charge >= 0.3 is 5.97 Å². The van der Waals surface area contributed by atoms with Gasteiger partial charge < -0.3 is 15.3 Å². The number of carbonyl (C=O) groups excluding carboxylic acids is 1. The number of carboxylic acids is 1. The molecule has 1 atom stereocenters. The molecule has 104 valence electrons. The first-order chi connectivity index (χ1) is 8.90. The van der Waals surface area contributed by atoms with Crippen molar-refractivity contribution in [3.63, 3.8) is 0 Å². The molecule has 0 fully saturated rings.